The summed E-state index contributed by atoms with van der Waals surface area (Å²) < 4.78 is 18.6. The summed E-state index contributed by atoms with van der Waals surface area (Å²) in [6.07, 6.45) is 3.15. The lowest BCUT2D eigenvalue weighted by Gasteiger charge is -2.38. The number of hydrogen-bond acceptors (Lipinski definition) is 7. The number of benzene rings is 1. The second-order valence-corrected chi connectivity index (χ2v) is 6.36. The van der Waals surface area contributed by atoms with E-state index in [0.717, 1.165) is 0 Å². The van der Waals surface area contributed by atoms with Gasteiger partial charge in [-0.2, -0.15) is 0 Å². The summed E-state index contributed by atoms with van der Waals surface area (Å²) in [5, 5.41) is 13.5. The maximum Gasteiger partial charge on any atom is 0.223 e. The topological polar surface area (TPSA) is 106 Å². The summed E-state index contributed by atoms with van der Waals surface area (Å²) in [4.78, 5) is 13.0. The molecular weight excluding hydrogens is 325 g/mol. The van der Waals surface area contributed by atoms with Crippen molar-refractivity contribution in [2.75, 3.05) is 24.3 Å². The van der Waals surface area contributed by atoms with E-state index in [1.165, 1.54) is 12.1 Å². The number of fused-ring (bicyclic) bond motifs is 1. The van der Waals surface area contributed by atoms with Crippen LogP contribution in [0.15, 0.2) is 30.6 Å². The van der Waals surface area contributed by atoms with Crippen molar-refractivity contribution in [2.45, 2.75) is 12.5 Å². The van der Waals surface area contributed by atoms with Crippen LogP contribution in [0.2, 0.25) is 0 Å². The second-order valence-electron chi connectivity index (χ2n) is 6.36. The number of anilines is 2. The zero-order valence-corrected chi connectivity index (χ0v) is 13.5. The van der Waals surface area contributed by atoms with E-state index in [1.54, 1.807) is 18.5 Å². The fourth-order valence-electron chi connectivity index (χ4n) is 2.74. The molecular formula is C17H16FN5O2. The number of rotatable bonds is 3. The molecule has 0 aliphatic carbocycles. The van der Waals surface area contributed by atoms with Crippen LogP contribution < -0.4 is 11.1 Å². The molecule has 0 unspecified atom stereocenters. The largest absolute Gasteiger partial charge is 0.505 e. The standard InChI is InChI=1S/C17H16FN5O2/c1-17(7-25-8-17)23-16-21-6-11-14(22-16)10(5-20-15(11)19)9-2-3-12(18)13(24)4-9/h2-6,24H,7-8H2,1H3,(H2,19,20)(H,21,22,23). The van der Waals surface area contributed by atoms with E-state index in [4.69, 9.17) is 10.5 Å². The average molecular weight is 341 g/mol. The molecule has 3 heterocycles. The van der Waals surface area contributed by atoms with Gasteiger partial charge in [0.15, 0.2) is 11.6 Å². The highest BCUT2D eigenvalue weighted by Gasteiger charge is 2.34. The number of nitrogens with zero attached hydrogens (tertiary/aromatic N) is 3. The van der Waals surface area contributed by atoms with Crippen LogP contribution >= 0.6 is 0 Å². The first-order valence-corrected chi connectivity index (χ1v) is 7.71. The molecule has 0 amide bonds. The maximum absolute atomic E-state index is 13.4. The van der Waals surface area contributed by atoms with Gasteiger partial charge < -0.3 is 20.9 Å². The van der Waals surface area contributed by atoms with Gasteiger partial charge in [0, 0.05) is 18.0 Å². The van der Waals surface area contributed by atoms with E-state index in [0.29, 0.717) is 47.0 Å². The molecule has 3 aromatic rings. The number of ether oxygens (including phenoxy) is 1. The summed E-state index contributed by atoms with van der Waals surface area (Å²) in [5.74, 6) is -0.383. The van der Waals surface area contributed by atoms with Gasteiger partial charge in [0.25, 0.3) is 0 Å². The Hall–Kier alpha value is -3.00. The van der Waals surface area contributed by atoms with Crippen molar-refractivity contribution in [1.82, 2.24) is 15.0 Å². The Morgan fingerprint density at radius 2 is 2.08 bits per heavy atom. The van der Waals surface area contributed by atoms with Gasteiger partial charge in [-0.25, -0.2) is 19.3 Å². The lowest BCUT2D eigenvalue weighted by Crippen LogP contribution is -2.53. The number of hydrogen-bond donors (Lipinski definition) is 3. The van der Waals surface area contributed by atoms with Gasteiger partial charge in [-0.05, 0) is 24.6 Å². The molecule has 7 nitrogen and oxygen atoms in total. The molecule has 25 heavy (non-hydrogen) atoms. The SMILES string of the molecule is CC1(Nc2ncc3c(N)ncc(-c4ccc(F)c(O)c4)c3n2)COC1. The van der Waals surface area contributed by atoms with Crippen LogP contribution in [0.25, 0.3) is 22.0 Å². The minimum atomic E-state index is -0.689. The summed E-state index contributed by atoms with van der Waals surface area (Å²) in [5.41, 5.74) is 7.50. The first-order valence-electron chi connectivity index (χ1n) is 7.71. The fraction of sp³-hybridized carbons (Fsp3) is 0.235. The molecule has 1 aliphatic rings. The minimum Gasteiger partial charge on any atom is -0.505 e. The zero-order chi connectivity index (χ0) is 17.6. The second kappa shape index (κ2) is 5.52. The first-order chi connectivity index (χ1) is 12.0. The third-order valence-electron chi connectivity index (χ3n) is 4.16. The number of aromatic hydroxyl groups is 1. The number of nitrogens with two attached hydrogens (primary N) is 1. The molecule has 1 aliphatic heterocycles. The highest BCUT2D eigenvalue weighted by atomic mass is 19.1. The molecule has 1 saturated heterocycles. The normalized spacial score (nSPS) is 15.8. The Morgan fingerprint density at radius 3 is 2.76 bits per heavy atom. The average Bonchev–Trinajstić information content (AvgIpc) is 2.56. The number of phenolic OH excluding ortho intramolecular Hbond substituents is 1. The summed E-state index contributed by atoms with van der Waals surface area (Å²) >= 11 is 0. The third-order valence-corrected chi connectivity index (χ3v) is 4.16. The number of nitrogens with one attached hydrogen (secondary N) is 1. The van der Waals surface area contributed by atoms with Gasteiger partial charge in [0.1, 0.15) is 5.82 Å². The molecule has 0 saturated carbocycles. The molecule has 1 aromatic carbocycles. The van der Waals surface area contributed by atoms with Gasteiger partial charge in [0.2, 0.25) is 5.95 Å². The van der Waals surface area contributed by atoms with Gasteiger partial charge in [-0.1, -0.05) is 6.07 Å². The number of phenols is 1. The molecule has 2 aromatic heterocycles. The van der Waals surface area contributed by atoms with Crippen LogP contribution in [0.1, 0.15) is 6.92 Å². The Morgan fingerprint density at radius 1 is 1.28 bits per heavy atom. The first kappa shape index (κ1) is 15.5. The van der Waals surface area contributed by atoms with Crippen molar-refractivity contribution in [3.05, 3.63) is 36.4 Å². The number of pyridine rings is 1. The Kier molecular flexibility index (Phi) is 3.43. The van der Waals surface area contributed by atoms with Crippen molar-refractivity contribution in [1.29, 1.82) is 0 Å². The van der Waals surface area contributed by atoms with Crippen molar-refractivity contribution in [3.8, 4) is 16.9 Å². The molecule has 0 bridgehead atoms. The summed E-state index contributed by atoms with van der Waals surface area (Å²) in [7, 11) is 0. The molecule has 128 valence electrons. The Labute approximate surface area is 142 Å². The maximum atomic E-state index is 13.4. The number of aromatic nitrogens is 3. The number of halogens is 1. The summed E-state index contributed by atoms with van der Waals surface area (Å²) in [6, 6.07) is 4.08. The van der Waals surface area contributed by atoms with Crippen LogP contribution in [0, 0.1) is 5.82 Å². The van der Waals surface area contributed by atoms with Crippen molar-refractivity contribution < 1.29 is 14.2 Å². The van der Waals surface area contributed by atoms with Gasteiger partial charge >= 0.3 is 0 Å². The smallest absolute Gasteiger partial charge is 0.223 e. The molecule has 4 N–H and O–H groups in total. The quantitative estimate of drug-likeness (QED) is 0.671. The van der Waals surface area contributed by atoms with E-state index < -0.39 is 11.6 Å². The van der Waals surface area contributed by atoms with Crippen molar-refractivity contribution in [3.63, 3.8) is 0 Å². The van der Waals surface area contributed by atoms with Gasteiger partial charge in [0.05, 0.1) is 29.7 Å². The zero-order valence-electron chi connectivity index (χ0n) is 13.5. The molecule has 0 radical (unpaired) electrons. The summed E-state index contributed by atoms with van der Waals surface area (Å²) in [6.45, 7) is 3.17. The minimum absolute atomic E-state index is 0.208. The van der Waals surface area contributed by atoms with Crippen molar-refractivity contribution >= 4 is 22.7 Å². The molecule has 1 fully saturated rings. The van der Waals surface area contributed by atoms with E-state index >= 15 is 0 Å². The molecule has 8 heteroatoms. The van der Waals surface area contributed by atoms with Crippen LogP contribution in [0.5, 0.6) is 5.75 Å². The van der Waals surface area contributed by atoms with Crippen LogP contribution in [0.4, 0.5) is 16.2 Å². The fourth-order valence-corrected chi connectivity index (χ4v) is 2.74. The Balaban J connectivity index is 1.85. The predicted molar refractivity (Wildman–Crippen MR) is 91.7 cm³/mol. The molecule has 0 atom stereocenters. The van der Waals surface area contributed by atoms with E-state index in [2.05, 4.69) is 20.3 Å². The highest BCUT2D eigenvalue weighted by molar-refractivity contribution is 5.98. The van der Waals surface area contributed by atoms with Gasteiger partial charge in [-0.15, -0.1) is 0 Å². The van der Waals surface area contributed by atoms with Crippen LogP contribution in [-0.4, -0.2) is 38.8 Å². The van der Waals surface area contributed by atoms with E-state index in [9.17, 15) is 9.50 Å². The van der Waals surface area contributed by atoms with Crippen molar-refractivity contribution in [2.24, 2.45) is 0 Å². The lowest BCUT2D eigenvalue weighted by molar-refractivity contribution is -0.0322. The third kappa shape index (κ3) is 2.70. The van der Waals surface area contributed by atoms with Crippen LogP contribution in [-0.2, 0) is 4.74 Å². The predicted octanol–water partition coefficient (Wildman–Crippen LogP) is 2.32. The van der Waals surface area contributed by atoms with E-state index in [-0.39, 0.29) is 5.54 Å². The van der Waals surface area contributed by atoms with E-state index in [1.807, 2.05) is 6.92 Å². The van der Waals surface area contributed by atoms with Gasteiger partial charge in [-0.3, -0.25) is 0 Å². The monoisotopic (exact) mass is 341 g/mol. The molecule has 4 rings (SSSR count). The number of nitrogen functional groups attached to an aromatic ring is 1. The lowest BCUT2D eigenvalue weighted by atomic mass is 10.0. The Bertz CT molecular complexity index is 975. The highest BCUT2D eigenvalue weighted by Crippen LogP contribution is 2.32. The van der Waals surface area contributed by atoms with Crippen LogP contribution in [0.3, 0.4) is 0 Å². The molecule has 0 spiro atoms.